The minimum Gasteiger partial charge on any atom is -0.444 e. The Kier molecular flexibility index (Phi) is 9.75. The Morgan fingerprint density at radius 1 is 0.953 bits per heavy atom. The first-order chi connectivity index (χ1) is 20.3. The van der Waals surface area contributed by atoms with Gasteiger partial charge in [-0.15, -0.1) is 0 Å². The van der Waals surface area contributed by atoms with Crippen LogP contribution >= 0.6 is 0 Å². The van der Waals surface area contributed by atoms with E-state index in [-0.39, 0.29) is 31.2 Å². The number of fused-ring (bicyclic) bond motifs is 1. The first-order valence-electron chi connectivity index (χ1n) is 14.4. The summed E-state index contributed by atoms with van der Waals surface area (Å²) < 4.78 is 12.7. The number of alkyl carbamates (subject to hydrolysis) is 1. The van der Waals surface area contributed by atoms with Gasteiger partial charge in [-0.05, 0) is 45.7 Å². The van der Waals surface area contributed by atoms with Gasteiger partial charge in [-0.2, -0.15) is 0 Å². The Bertz CT molecular complexity index is 1470. The molecule has 43 heavy (non-hydrogen) atoms. The van der Waals surface area contributed by atoms with Crippen LogP contribution in [0.2, 0.25) is 0 Å². The van der Waals surface area contributed by atoms with Crippen molar-refractivity contribution in [1.82, 2.24) is 25.3 Å². The van der Waals surface area contributed by atoms with E-state index in [0.717, 1.165) is 16.8 Å². The molecule has 11 nitrogen and oxygen atoms in total. The van der Waals surface area contributed by atoms with E-state index in [9.17, 15) is 19.2 Å². The van der Waals surface area contributed by atoms with Crippen LogP contribution in [0.25, 0.3) is 0 Å². The van der Waals surface area contributed by atoms with Gasteiger partial charge in [0.1, 0.15) is 17.2 Å². The molecule has 2 heterocycles. The second kappa shape index (κ2) is 13.3. The molecule has 0 aliphatic carbocycles. The van der Waals surface area contributed by atoms with Crippen LogP contribution in [0.15, 0.2) is 65.5 Å². The molecule has 0 fully saturated rings. The zero-order valence-corrected chi connectivity index (χ0v) is 25.4. The monoisotopic (exact) mass is 591 g/mol. The summed E-state index contributed by atoms with van der Waals surface area (Å²) in [4.78, 5) is 54.4. The van der Waals surface area contributed by atoms with Crippen LogP contribution in [-0.4, -0.2) is 62.9 Å². The summed E-state index contributed by atoms with van der Waals surface area (Å²) >= 11 is 0. The van der Waals surface area contributed by atoms with Crippen LogP contribution < -0.4 is 16.2 Å². The maximum absolute atomic E-state index is 13.8. The Morgan fingerprint density at radius 3 is 2.21 bits per heavy atom. The number of aromatic amines is 1. The summed E-state index contributed by atoms with van der Waals surface area (Å²) in [5.74, 6) is -0.958. The molecule has 0 spiro atoms. The molecule has 230 valence electrons. The third-order valence-electron chi connectivity index (χ3n) is 6.99. The number of ether oxygens (including phenoxy) is 2. The zero-order valence-electron chi connectivity index (χ0n) is 25.4. The number of nitrogens with one attached hydrogen (secondary N) is 3. The fourth-order valence-corrected chi connectivity index (χ4v) is 4.74. The van der Waals surface area contributed by atoms with Crippen molar-refractivity contribution >= 4 is 17.9 Å². The summed E-state index contributed by atoms with van der Waals surface area (Å²) in [7, 11) is 0. The predicted octanol–water partition coefficient (Wildman–Crippen LogP) is 3.11. The SMILES string of the molecule is CC(C)(C)OC(=O)NC(C)(C)C(=O)NC(COCc1ccccc1)C(=O)N1CCc2[nH]n(Cc3ccccc3)c(=O)c2C1. The molecule has 1 aliphatic heterocycles. The number of aromatic nitrogens is 2. The van der Waals surface area contributed by atoms with Crippen LogP contribution in [0.1, 0.15) is 57.0 Å². The molecule has 0 radical (unpaired) electrons. The molecule has 0 saturated heterocycles. The summed E-state index contributed by atoms with van der Waals surface area (Å²) in [6, 6.07) is 18.1. The number of hydrogen-bond donors (Lipinski definition) is 3. The Morgan fingerprint density at radius 2 is 1.58 bits per heavy atom. The zero-order chi connectivity index (χ0) is 31.2. The van der Waals surface area contributed by atoms with Gasteiger partial charge in [0, 0.05) is 18.7 Å². The maximum Gasteiger partial charge on any atom is 0.408 e. The fourth-order valence-electron chi connectivity index (χ4n) is 4.74. The summed E-state index contributed by atoms with van der Waals surface area (Å²) in [5.41, 5.74) is 0.913. The topological polar surface area (TPSA) is 135 Å². The van der Waals surface area contributed by atoms with E-state index in [1.807, 2.05) is 60.7 Å². The first kappa shape index (κ1) is 31.6. The van der Waals surface area contributed by atoms with Gasteiger partial charge in [0.15, 0.2) is 0 Å². The lowest BCUT2D eigenvalue weighted by Crippen LogP contribution is -2.60. The number of nitrogens with zero attached hydrogens (tertiary/aromatic N) is 2. The lowest BCUT2D eigenvalue weighted by molar-refractivity contribution is -0.140. The van der Waals surface area contributed by atoms with E-state index >= 15 is 0 Å². The smallest absolute Gasteiger partial charge is 0.408 e. The number of benzene rings is 2. The highest BCUT2D eigenvalue weighted by Crippen LogP contribution is 2.17. The van der Waals surface area contributed by atoms with E-state index in [0.29, 0.717) is 25.1 Å². The third kappa shape index (κ3) is 8.57. The van der Waals surface area contributed by atoms with Crippen molar-refractivity contribution in [2.45, 2.75) is 77.9 Å². The van der Waals surface area contributed by atoms with Crippen LogP contribution in [0.4, 0.5) is 4.79 Å². The largest absolute Gasteiger partial charge is 0.444 e. The Balaban J connectivity index is 1.48. The second-order valence-electron chi connectivity index (χ2n) is 12.2. The van der Waals surface area contributed by atoms with E-state index in [1.165, 1.54) is 13.8 Å². The molecule has 1 atom stereocenters. The molecule has 11 heteroatoms. The van der Waals surface area contributed by atoms with Crippen LogP contribution in [-0.2, 0) is 45.2 Å². The highest BCUT2D eigenvalue weighted by molar-refractivity contribution is 5.93. The normalized spacial score (nSPS) is 14.0. The van der Waals surface area contributed by atoms with E-state index in [2.05, 4.69) is 15.7 Å². The van der Waals surface area contributed by atoms with Crippen molar-refractivity contribution in [3.63, 3.8) is 0 Å². The fraction of sp³-hybridized carbons (Fsp3) is 0.438. The average molecular weight is 592 g/mol. The predicted molar refractivity (Wildman–Crippen MR) is 161 cm³/mol. The summed E-state index contributed by atoms with van der Waals surface area (Å²) in [6.07, 6.45) is -0.284. The molecule has 3 amide bonds. The minimum absolute atomic E-state index is 0.100. The average Bonchev–Trinajstić information content (AvgIpc) is 3.25. The molecular weight excluding hydrogens is 550 g/mol. The number of H-pyrrole nitrogens is 1. The van der Waals surface area contributed by atoms with Crippen molar-refractivity contribution < 1.29 is 23.9 Å². The van der Waals surface area contributed by atoms with Gasteiger partial charge in [0.2, 0.25) is 11.8 Å². The van der Waals surface area contributed by atoms with E-state index in [1.54, 1.807) is 30.4 Å². The highest BCUT2D eigenvalue weighted by atomic mass is 16.6. The molecule has 3 aromatic rings. The minimum atomic E-state index is -1.39. The van der Waals surface area contributed by atoms with Crippen molar-refractivity contribution in [1.29, 1.82) is 0 Å². The molecule has 2 aromatic carbocycles. The van der Waals surface area contributed by atoms with Gasteiger partial charge in [0.05, 0.1) is 31.9 Å². The van der Waals surface area contributed by atoms with Gasteiger partial charge in [-0.3, -0.25) is 19.5 Å². The molecule has 4 rings (SSSR count). The van der Waals surface area contributed by atoms with Crippen molar-refractivity contribution in [2.24, 2.45) is 0 Å². The molecule has 1 aliphatic rings. The molecule has 1 aromatic heterocycles. The standard InChI is InChI=1S/C32H41N5O6/c1-31(2,3)43-30(41)34-32(4,5)29(40)33-26(21-42-20-23-14-10-7-11-15-23)28(39)36-17-16-25-24(19-36)27(38)37(35-25)18-22-12-8-6-9-13-22/h6-15,26,35H,16-21H2,1-5H3,(H,33,40)(H,34,41). The van der Waals surface area contributed by atoms with Crippen LogP contribution in [0.3, 0.4) is 0 Å². The second-order valence-corrected chi connectivity index (χ2v) is 12.2. The quantitative estimate of drug-likeness (QED) is 0.332. The molecule has 3 N–H and O–H groups in total. The van der Waals surface area contributed by atoms with Crippen molar-refractivity contribution in [3.05, 3.63) is 93.4 Å². The van der Waals surface area contributed by atoms with Gasteiger partial charge in [-0.1, -0.05) is 60.7 Å². The van der Waals surface area contributed by atoms with Crippen molar-refractivity contribution in [3.8, 4) is 0 Å². The number of hydrogen-bond acceptors (Lipinski definition) is 6. The molecular formula is C32H41N5O6. The van der Waals surface area contributed by atoms with Gasteiger partial charge in [-0.25, -0.2) is 9.48 Å². The van der Waals surface area contributed by atoms with Crippen LogP contribution in [0, 0.1) is 0 Å². The van der Waals surface area contributed by atoms with Gasteiger partial charge < -0.3 is 25.0 Å². The van der Waals surface area contributed by atoms with Crippen LogP contribution in [0.5, 0.6) is 0 Å². The third-order valence-corrected chi connectivity index (χ3v) is 6.99. The lowest BCUT2D eigenvalue weighted by Gasteiger charge is -2.32. The summed E-state index contributed by atoms with van der Waals surface area (Å²) in [5, 5.41) is 8.54. The van der Waals surface area contributed by atoms with Gasteiger partial charge in [0.25, 0.3) is 5.56 Å². The number of carbonyl (C=O) groups excluding carboxylic acids is 3. The Labute approximate surface area is 251 Å². The number of rotatable bonds is 10. The molecule has 1 unspecified atom stereocenters. The first-order valence-corrected chi connectivity index (χ1v) is 14.4. The van der Waals surface area contributed by atoms with E-state index < -0.39 is 29.2 Å². The number of carbonyl (C=O) groups is 3. The summed E-state index contributed by atoms with van der Waals surface area (Å²) in [6.45, 7) is 9.24. The van der Waals surface area contributed by atoms with Gasteiger partial charge >= 0.3 is 6.09 Å². The van der Waals surface area contributed by atoms with Crippen molar-refractivity contribution in [2.75, 3.05) is 13.2 Å². The lowest BCUT2D eigenvalue weighted by atomic mass is 10.0. The Hall–Kier alpha value is -4.38. The van der Waals surface area contributed by atoms with E-state index in [4.69, 9.17) is 9.47 Å². The molecule has 0 bridgehead atoms. The maximum atomic E-state index is 13.8. The molecule has 0 saturated carbocycles. The highest BCUT2D eigenvalue weighted by Gasteiger charge is 2.36. The number of amides is 3.